The van der Waals surface area contributed by atoms with Gasteiger partial charge in [-0.15, -0.1) is 4.68 Å². The Morgan fingerprint density at radius 3 is 2.00 bits per heavy atom. The molecule has 0 bridgehead atoms. The number of rotatable bonds is 5. The first-order valence-corrected chi connectivity index (χ1v) is 6.88. The maximum absolute atomic E-state index is 11.0. The van der Waals surface area contributed by atoms with Gasteiger partial charge in [0.15, 0.2) is 0 Å². The largest absolute Gasteiger partial charge is 0.493 e. The fourth-order valence-electron chi connectivity index (χ4n) is 2.41. The molecular formula is C15H14N6O2. The van der Waals surface area contributed by atoms with Crippen molar-refractivity contribution in [1.29, 1.82) is 0 Å². The Morgan fingerprint density at radius 1 is 1.04 bits per heavy atom. The molecule has 0 amide bonds. The molecule has 0 fully saturated rings. The smallest absolute Gasteiger partial charge is 0.390 e. The van der Waals surface area contributed by atoms with Gasteiger partial charge >= 0.3 is 11.9 Å². The van der Waals surface area contributed by atoms with Crippen molar-refractivity contribution < 1.29 is 4.92 Å². The van der Waals surface area contributed by atoms with Crippen molar-refractivity contribution in [2.45, 2.75) is 6.04 Å². The maximum atomic E-state index is 11.0. The summed E-state index contributed by atoms with van der Waals surface area (Å²) in [4.78, 5) is 14.1. The van der Waals surface area contributed by atoms with Gasteiger partial charge in [0.1, 0.15) is 6.04 Å². The number of nitrogen functional groups attached to an aromatic ring is 1. The van der Waals surface area contributed by atoms with Crippen molar-refractivity contribution in [2.24, 2.45) is 5.84 Å². The number of hydrazine groups is 1. The molecule has 0 atom stereocenters. The summed E-state index contributed by atoms with van der Waals surface area (Å²) in [6.07, 6.45) is 0. The minimum atomic E-state index is -0.648. The van der Waals surface area contributed by atoms with E-state index in [1.54, 1.807) is 0 Å². The van der Waals surface area contributed by atoms with Gasteiger partial charge in [-0.2, -0.15) is 0 Å². The molecule has 0 radical (unpaired) electrons. The first kappa shape index (κ1) is 14.7. The van der Waals surface area contributed by atoms with Gasteiger partial charge in [-0.25, -0.2) is 5.84 Å². The van der Waals surface area contributed by atoms with E-state index in [1.807, 2.05) is 60.7 Å². The standard InChI is InChI=1S/C15H14N6O2/c16-18-14-17-15(21(22)23)19-20(14)13(11-7-3-1-4-8-11)12-9-5-2-6-10-12/h1-10,13H,16H2,(H,17,18,19). The summed E-state index contributed by atoms with van der Waals surface area (Å²) in [5, 5.41) is 15.0. The monoisotopic (exact) mass is 310 g/mol. The minimum Gasteiger partial charge on any atom is -0.390 e. The van der Waals surface area contributed by atoms with Crippen LogP contribution in [0.5, 0.6) is 0 Å². The van der Waals surface area contributed by atoms with Crippen LogP contribution in [-0.4, -0.2) is 19.7 Å². The number of nitrogens with zero attached hydrogens (tertiary/aromatic N) is 4. The zero-order valence-electron chi connectivity index (χ0n) is 12.0. The summed E-state index contributed by atoms with van der Waals surface area (Å²) in [6, 6.07) is 18.7. The third kappa shape index (κ3) is 2.87. The van der Waals surface area contributed by atoms with E-state index >= 15 is 0 Å². The third-order valence-electron chi connectivity index (χ3n) is 3.39. The van der Waals surface area contributed by atoms with Crippen LogP contribution in [0.4, 0.5) is 11.9 Å². The Kier molecular flexibility index (Phi) is 3.98. The molecule has 0 saturated carbocycles. The minimum absolute atomic E-state index is 0.120. The van der Waals surface area contributed by atoms with Gasteiger partial charge in [0.05, 0.1) is 0 Å². The van der Waals surface area contributed by atoms with Crippen LogP contribution in [0.15, 0.2) is 60.7 Å². The van der Waals surface area contributed by atoms with Crippen LogP contribution in [0.25, 0.3) is 0 Å². The topological polar surface area (TPSA) is 112 Å². The van der Waals surface area contributed by atoms with Crippen molar-refractivity contribution in [3.05, 3.63) is 81.9 Å². The number of benzene rings is 2. The Hall–Kier alpha value is -3.26. The van der Waals surface area contributed by atoms with Crippen LogP contribution in [0, 0.1) is 10.1 Å². The summed E-state index contributed by atoms with van der Waals surface area (Å²) in [6.45, 7) is 0. The lowest BCUT2D eigenvalue weighted by Crippen LogP contribution is -2.20. The zero-order chi connectivity index (χ0) is 16.2. The summed E-state index contributed by atoms with van der Waals surface area (Å²) in [5.41, 5.74) is 4.20. The number of hydrogen-bond donors (Lipinski definition) is 2. The number of hydrogen-bond acceptors (Lipinski definition) is 6. The molecule has 0 aliphatic rings. The normalized spacial score (nSPS) is 10.7. The molecule has 116 valence electrons. The van der Waals surface area contributed by atoms with E-state index in [1.165, 1.54) is 4.68 Å². The molecule has 8 nitrogen and oxygen atoms in total. The van der Waals surface area contributed by atoms with Gasteiger partial charge in [0, 0.05) is 5.10 Å². The van der Waals surface area contributed by atoms with E-state index in [-0.39, 0.29) is 12.0 Å². The fourth-order valence-corrected chi connectivity index (χ4v) is 2.41. The number of nitrogens with two attached hydrogens (primary N) is 1. The van der Waals surface area contributed by atoms with Crippen LogP contribution in [-0.2, 0) is 0 Å². The van der Waals surface area contributed by atoms with Crippen molar-refractivity contribution in [3.8, 4) is 0 Å². The molecule has 0 aliphatic heterocycles. The Labute approximate surface area is 131 Å². The molecule has 0 spiro atoms. The predicted molar refractivity (Wildman–Crippen MR) is 84.6 cm³/mol. The quantitative estimate of drug-likeness (QED) is 0.424. The molecule has 3 rings (SSSR count). The summed E-state index contributed by atoms with van der Waals surface area (Å²) in [7, 11) is 0. The van der Waals surface area contributed by atoms with Crippen molar-refractivity contribution in [3.63, 3.8) is 0 Å². The molecule has 1 heterocycles. The van der Waals surface area contributed by atoms with Gasteiger partial charge in [-0.1, -0.05) is 60.7 Å². The van der Waals surface area contributed by atoms with Crippen LogP contribution in [0.3, 0.4) is 0 Å². The van der Waals surface area contributed by atoms with E-state index in [0.717, 1.165) is 11.1 Å². The van der Waals surface area contributed by atoms with Gasteiger partial charge < -0.3 is 10.1 Å². The van der Waals surface area contributed by atoms with Crippen molar-refractivity contribution in [1.82, 2.24) is 14.8 Å². The lowest BCUT2D eigenvalue weighted by Gasteiger charge is -2.16. The predicted octanol–water partition coefficient (Wildman–Crippen LogP) is 2.11. The van der Waals surface area contributed by atoms with E-state index in [0.29, 0.717) is 0 Å². The summed E-state index contributed by atoms with van der Waals surface area (Å²) in [5.74, 6) is 5.08. The molecule has 2 aromatic carbocycles. The van der Waals surface area contributed by atoms with Gasteiger partial charge in [-0.3, -0.25) is 5.43 Å². The summed E-state index contributed by atoms with van der Waals surface area (Å²) < 4.78 is 1.42. The van der Waals surface area contributed by atoms with Crippen LogP contribution < -0.4 is 11.3 Å². The summed E-state index contributed by atoms with van der Waals surface area (Å²) >= 11 is 0. The highest BCUT2D eigenvalue weighted by atomic mass is 16.6. The highest BCUT2D eigenvalue weighted by Crippen LogP contribution is 2.29. The second kappa shape index (κ2) is 6.24. The molecule has 3 aromatic rings. The fraction of sp³-hybridized carbons (Fsp3) is 0.0667. The molecule has 3 N–H and O–H groups in total. The van der Waals surface area contributed by atoms with Gasteiger partial charge in [-0.05, 0) is 21.0 Å². The second-order valence-corrected chi connectivity index (χ2v) is 4.81. The SMILES string of the molecule is NNc1nc([N+](=O)[O-])nn1C(c1ccccc1)c1ccccc1. The highest BCUT2D eigenvalue weighted by molar-refractivity contribution is 5.37. The number of nitro groups is 1. The first-order valence-electron chi connectivity index (χ1n) is 6.88. The second-order valence-electron chi connectivity index (χ2n) is 4.81. The molecular weight excluding hydrogens is 296 g/mol. The lowest BCUT2D eigenvalue weighted by atomic mass is 9.99. The third-order valence-corrected chi connectivity index (χ3v) is 3.39. The lowest BCUT2D eigenvalue weighted by molar-refractivity contribution is -0.394. The first-order chi connectivity index (χ1) is 11.2. The molecule has 1 aromatic heterocycles. The van der Waals surface area contributed by atoms with Crippen molar-refractivity contribution >= 4 is 11.9 Å². The maximum Gasteiger partial charge on any atom is 0.493 e. The van der Waals surface area contributed by atoms with Crippen LogP contribution in [0.2, 0.25) is 0 Å². The van der Waals surface area contributed by atoms with Crippen LogP contribution >= 0.6 is 0 Å². The van der Waals surface area contributed by atoms with Crippen molar-refractivity contribution in [2.75, 3.05) is 5.43 Å². The van der Waals surface area contributed by atoms with E-state index < -0.39 is 10.9 Å². The molecule has 0 unspecified atom stereocenters. The number of nitrogens with one attached hydrogen (secondary N) is 1. The van der Waals surface area contributed by atoms with Crippen LogP contribution in [0.1, 0.15) is 17.2 Å². The molecule has 23 heavy (non-hydrogen) atoms. The molecule has 8 heteroatoms. The average Bonchev–Trinajstić information content (AvgIpc) is 3.01. The number of aromatic nitrogens is 3. The van der Waals surface area contributed by atoms with E-state index in [2.05, 4.69) is 15.5 Å². The van der Waals surface area contributed by atoms with Gasteiger partial charge in [0.25, 0.3) is 0 Å². The zero-order valence-corrected chi connectivity index (χ0v) is 12.0. The molecule has 0 saturated heterocycles. The van der Waals surface area contributed by atoms with E-state index in [4.69, 9.17) is 5.84 Å². The Bertz CT molecular complexity index is 764. The highest BCUT2D eigenvalue weighted by Gasteiger charge is 2.28. The average molecular weight is 310 g/mol. The number of anilines is 1. The van der Waals surface area contributed by atoms with Gasteiger partial charge in [0.2, 0.25) is 0 Å². The Morgan fingerprint density at radius 2 is 1.57 bits per heavy atom. The van der Waals surface area contributed by atoms with E-state index in [9.17, 15) is 10.1 Å². The molecule has 0 aliphatic carbocycles. The Balaban J connectivity index is 2.18.